The van der Waals surface area contributed by atoms with Gasteiger partial charge in [0.15, 0.2) is 0 Å². The molecule has 0 fully saturated rings. The molecule has 0 bridgehead atoms. The largest absolute Gasteiger partial charge is 0.493 e. The van der Waals surface area contributed by atoms with Crippen molar-refractivity contribution in [2.75, 3.05) is 13.2 Å². The quantitative estimate of drug-likeness (QED) is 0.180. The summed E-state index contributed by atoms with van der Waals surface area (Å²) in [4.78, 5) is 32.4. The molecule has 2 aromatic rings. The monoisotopic (exact) mass is 371 g/mol. The van der Waals surface area contributed by atoms with Gasteiger partial charge in [-0.3, -0.25) is 10.1 Å². The van der Waals surface area contributed by atoms with Crippen molar-refractivity contribution in [2.45, 2.75) is 6.42 Å². The molecule has 0 saturated carbocycles. The van der Waals surface area contributed by atoms with Crippen LogP contribution in [0.15, 0.2) is 54.6 Å². The molecule has 0 aliphatic rings. The molecule has 27 heavy (non-hydrogen) atoms. The Morgan fingerprint density at radius 1 is 1.04 bits per heavy atom. The van der Waals surface area contributed by atoms with E-state index in [2.05, 4.69) is 0 Å². The molecule has 0 aliphatic carbocycles. The lowest BCUT2D eigenvalue weighted by Crippen LogP contribution is -2.09. The molecule has 140 valence electrons. The molecule has 0 radical (unpaired) electrons. The lowest BCUT2D eigenvalue weighted by Gasteiger charge is -2.07. The van der Waals surface area contributed by atoms with E-state index in [1.165, 1.54) is 18.2 Å². The Balaban J connectivity index is 1.88. The van der Waals surface area contributed by atoms with Gasteiger partial charge in [-0.05, 0) is 48.0 Å². The first-order valence-corrected chi connectivity index (χ1v) is 8.02. The smallest absolute Gasteiger partial charge is 0.343 e. The van der Waals surface area contributed by atoms with Crippen molar-refractivity contribution in [2.24, 2.45) is 0 Å². The van der Waals surface area contributed by atoms with Crippen LogP contribution in [0.25, 0.3) is 6.08 Å². The molecular weight excluding hydrogens is 354 g/mol. The molecule has 1 N–H and O–H groups in total. The number of nitrogens with zero attached hydrogens (tertiary/aromatic N) is 1. The highest BCUT2D eigenvalue weighted by atomic mass is 16.6. The summed E-state index contributed by atoms with van der Waals surface area (Å²) in [6, 6.07) is 12.6. The molecule has 0 unspecified atom stereocenters. The summed E-state index contributed by atoms with van der Waals surface area (Å²) in [5, 5.41) is 18.8. The van der Waals surface area contributed by atoms with Crippen molar-refractivity contribution in [3.05, 3.63) is 75.8 Å². The van der Waals surface area contributed by atoms with E-state index in [0.29, 0.717) is 29.0 Å². The minimum absolute atomic E-state index is 0.157. The summed E-state index contributed by atoms with van der Waals surface area (Å²) in [7, 11) is 0. The summed E-state index contributed by atoms with van der Waals surface area (Å²) >= 11 is 0. The molecule has 0 aliphatic heterocycles. The van der Waals surface area contributed by atoms with Gasteiger partial charge in [0.2, 0.25) is 6.54 Å². The van der Waals surface area contributed by atoms with Gasteiger partial charge in [0.1, 0.15) is 11.5 Å². The second-order valence-corrected chi connectivity index (χ2v) is 5.41. The number of ether oxygens (including phenoxy) is 2. The third kappa shape index (κ3) is 6.99. The van der Waals surface area contributed by atoms with Crippen molar-refractivity contribution in [1.82, 2.24) is 0 Å². The van der Waals surface area contributed by atoms with E-state index in [4.69, 9.17) is 14.6 Å². The van der Waals surface area contributed by atoms with E-state index in [1.807, 2.05) is 0 Å². The molecule has 0 heterocycles. The highest BCUT2D eigenvalue weighted by Gasteiger charge is 2.09. The van der Waals surface area contributed by atoms with E-state index < -0.39 is 16.9 Å². The summed E-state index contributed by atoms with van der Waals surface area (Å²) in [6.45, 7) is 0.0583. The van der Waals surface area contributed by atoms with E-state index in [-0.39, 0.29) is 13.2 Å². The maximum atomic E-state index is 12.1. The van der Waals surface area contributed by atoms with Crippen LogP contribution in [0.4, 0.5) is 0 Å². The average molecular weight is 371 g/mol. The zero-order chi connectivity index (χ0) is 19.6. The Bertz CT molecular complexity index is 826. The van der Waals surface area contributed by atoms with E-state index >= 15 is 0 Å². The zero-order valence-electron chi connectivity index (χ0n) is 14.2. The average Bonchev–Trinajstić information content (AvgIpc) is 2.65. The van der Waals surface area contributed by atoms with Gasteiger partial charge in [-0.1, -0.05) is 12.1 Å². The van der Waals surface area contributed by atoms with Gasteiger partial charge < -0.3 is 14.6 Å². The molecular formula is C19H17NO7. The number of nitro groups is 1. The van der Waals surface area contributed by atoms with Crippen LogP contribution in [0.3, 0.4) is 0 Å². The van der Waals surface area contributed by atoms with Gasteiger partial charge in [0, 0.05) is 17.4 Å². The fraction of sp³-hybridized carbons (Fsp3) is 0.158. The first kappa shape index (κ1) is 19.6. The van der Waals surface area contributed by atoms with E-state index in [1.54, 1.807) is 36.4 Å². The van der Waals surface area contributed by atoms with Crippen molar-refractivity contribution < 1.29 is 29.1 Å². The second kappa shape index (κ2) is 9.71. The molecule has 0 atom stereocenters. The molecule has 0 saturated heterocycles. The second-order valence-electron chi connectivity index (χ2n) is 5.41. The van der Waals surface area contributed by atoms with Gasteiger partial charge in [-0.2, -0.15) is 0 Å². The van der Waals surface area contributed by atoms with Crippen molar-refractivity contribution in [1.29, 1.82) is 0 Å². The summed E-state index contributed by atoms with van der Waals surface area (Å²) in [5.41, 5.74) is 0.985. The fourth-order valence-corrected chi connectivity index (χ4v) is 2.05. The number of carbonyl (C=O) groups is 2. The number of benzene rings is 2. The Hall–Kier alpha value is -3.68. The standard InChI is InChI=1S/C19H17NO7/c21-18(22)11-4-14-2-7-17(8-3-14)27-19(23)15-5-9-16(10-6-15)26-13-1-12-20(24)25/h2-11H,1,12-13H2,(H,21,22)/b11-4+. The zero-order valence-corrected chi connectivity index (χ0v) is 14.2. The number of carbonyl (C=O) groups excluding carboxylic acids is 1. The number of rotatable bonds is 9. The van der Waals surface area contributed by atoms with Gasteiger partial charge in [0.25, 0.3) is 0 Å². The van der Waals surface area contributed by atoms with Crippen LogP contribution in [-0.4, -0.2) is 35.1 Å². The van der Waals surface area contributed by atoms with Crippen LogP contribution in [0.2, 0.25) is 0 Å². The summed E-state index contributed by atoms with van der Waals surface area (Å²) < 4.78 is 10.6. The van der Waals surface area contributed by atoms with Crippen molar-refractivity contribution >= 4 is 18.0 Å². The van der Waals surface area contributed by atoms with E-state index in [0.717, 1.165) is 6.08 Å². The van der Waals surface area contributed by atoms with Crippen molar-refractivity contribution in [3.8, 4) is 11.5 Å². The molecule has 0 amide bonds. The van der Waals surface area contributed by atoms with Crippen molar-refractivity contribution in [3.63, 3.8) is 0 Å². The lowest BCUT2D eigenvalue weighted by molar-refractivity contribution is -0.480. The number of esters is 1. The van der Waals surface area contributed by atoms with Crippen LogP contribution >= 0.6 is 0 Å². The summed E-state index contributed by atoms with van der Waals surface area (Å²) in [6.07, 6.45) is 2.74. The Kier molecular flexibility index (Phi) is 7.07. The molecule has 0 spiro atoms. The van der Waals surface area contributed by atoms with Gasteiger partial charge in [-0.15, -0.1) is 0 Å². The maximum Gasteiger partial charge on any atom is 0.343 e. The van der Waals surface area contributed by atoms with Gasteiger partial charge in [0.05, 0.1) is 12.2 Å². The SMILES string of the molecule is O=C(O)/C=C/c1ccc(OC(=O)c2ccc(OCCC[N+](=O)[O-])cc2)cc1. The fourth-order valence-electron chi connectivity index (χ4n) is 2.05. The normalized spacial score (nSPS) is 10.5. The van der Waals surface area contributed by atoms with Crippen LogP contribution < -0.4 is 9.47 Å². The minimum Gasteiger partial charge on any atom is -0.493 e. The maximum absolute atomic E-state index is 12.1. The van der Waals surface area contributed by atoms with Crippen LogP contribution in [0.1, 0.15) is 22.3 Å². The predicted octanol–water partition coefficient (Wildman–Crippen LogP) is 3.05. The molecule has 8 nitrogen and oxygen atoms in total. The molecule has 2 rings (SSSR count). The lowest BCUT2D eigenvalue weighted by atomic mass is 10.2. The minimum atomic E-state index is -1.05. The number of carboxylic acids is 1. The number of hydrogen-bond donors (Lipinski definition) is 1. The van der Waals surface area contributed by atoms with E-state index in [9.17, 15) is 19.7 Å². The number of carboxylic acid groups (broad SMARTS) is 1. The highest BCUT2D eigenvalue weighted by molar-refractivity contribution is 5.91. The first-order chi connectivity index (χ1) is 12.9. The van der Waals surface area contributed by atoms with Gasteiger partial charge in [-0.25, -0.2) is 9.59 Å². The van der Waals surface area contributed by atoms with Crippen LogP contribution in [-0.2, 0) is 4.79 Å². The Morgan fingerprint density at radius 3 is 2.26 bits per heavy atom. The van der Waals surface area contributed by atoms with Crippen LogP contribution in [0, 0.1) is 10.1 Å². The third-order valence-electron chi connectivity index (χ3n) is 3.35. The summed E-state index contributed by atoms with van der Waals surface area (Å²) in [5.74, 6) is -0.767. The number of hydrogen-bond acceptors (Lipinski definition) is 6. The molecule has 8 heteroatoms. The predicted molar refractivity (Wildman–Crippen MR) is 96.5 cm³/mol. The highest BCUT2D eigenvalue weighted by Crippen LogP contribution is 2.17. The molecule has 2 aromatic carbocycles. The first-order valence-electron chi connectivity index (χ1n) is 8.02. The third-order valence-corrected chi connectivity index (χ3v) is 3.35. The number of aliphatic carboxylic acids is 1. The molecule has 0 aromatic heterocycles. The topological polar surface area (TPSA) is 116 Å². The Morgan fingerprint density at radius 2 is 1.67 bits per heavy atom. The Labute approximate surface area is 154 Å². The van der Waals surface area contributed by atoms with Crippen LogP contribution in [0.5, 0.6) is 11.5 Å². The van der Waals surface area contributed by atoms with Gasteiger partial charge >= 0.3 is 11.9 Å².